The molecule has 0 aliphatic rings. The maximum Gasteiger partial charge on any atom is 0.133 e. The third kappa shape index (κ3) is 3.50. The summed E-state index contributed by atoms with van der Waals surface area (Å²) in [6.07, 6.45) is 1.90. The van der Waals surface area contributed by atoms with Crippen LogP contribution in [0.2, 0.25) is 0 Å². The van der Waals surface area contributed by atoms with Crippen LogP contribution in [0.5, 0.6) is 0 Å². The predicted octanol–water partition coefficient (Wildman–Crippen LogP) is 3.22. The van der Waals surface area contributed by atoms with E-state index in [1.165, 1.54) is 0 Å². The first-order valence-electron chi connectivity index (χ1n) is 6.02. The number of aromatic nitrogens is 2. The van der Waals surface area contributed by atoms with Gasteiger partial charge in [0.1, 0.15) is 5.82 Å². The minimum atomic E-state index is -0.0222. The Labute approximate surface area is 105 Å². The van der Waals surface area contributed by atoms with E-state index in [1.807, 2.05) is 6.20 Å². The standard InChI is InChI=1S/C14H24N2O/c1-13(2,3)11-10(9-17-7)8-15-12(16-11)14(4,5)6/h8H,9H2,1-7H3. The third-order valence-corrected chi connectivity index (χ3v) is 2.55. The molecule has 0 saturated heterocycles. The van der Waals surface area contributed by atoms with Gasteiger partial charge < -0.3 is 4.74 Å². The first kappa shape index (κ1) is 14.1. The molecule has 0 fully saturated rings. The molecule has 0 aliphatic heterocycles. The molecule has 0 radical (unpaired) electrons. The lowest BCUT2D eigenvalue weighted by Crippen LogP contribution is -2.23. The minimum absolute atomic E-state index is 0.0107. The molecule has 0 bridgehead atoms. The molecule has 0 aliphatic carbocycles. The average molecular weight is 236 g/mol. The van der Waals surface area contributed by atoms with Crippen LogP contribution in [0.15, 0.2) is 6.20 Å². The summed E-state index contributed by atoms with van der Waals surface area (Å²) in [6, 6.07) is 0. The Kier molecular flexibility index (Phi) is 3.92. The van der Waals surface area contributed by atoms with E-state index in [-0.39, 0.29) is 10.8 Å². The van der Waals surface area contributed by atoms with E-state index in [9.17, 15) is 0 Å². The van der Waals surface area contributed by atoms with E-state index in [2.05, 4.69) is 46.5 Å². The molecular formula is C14H24N2O. The fraction of sp³-hybridized carbons (Fsp3) is 0.714. The Bertz CT molecular complexity index is 386. The number of ether oxygens (including phenoxy) is 1. The Balaban J connectivity index is 3.30. The smallest absolute Gasteiger partial charge is 0.133 e. The summed E-state index contributed by atoms with van der Waals surface area (Å²) < 4.78 is 5.21. The molecule has 1 aromatic heterocycles. The van der Waals surface area contributed by atoms with Crippen LogP contribution < -0.4 is 0 Å². The third-order valence-electron chi connectivity index (χ3n) is 2.55. The summed E-state index contributed by atoms with van der Waals surface area (Å²) >= 11 is 0. The molecule has 0 amide bonds. The summed E-state index contributed by atoms with van der Waals surface area (Å²) in [7, 11) is 1.70. The van der Waals surface area contributed by atoms with Crippen molar-refractivity contribution in [2.45, 2.75) is 59.0 Å². The SMILES string of the molecule is COCc1cnc(C(C)(C)C)nc1C(C)(C)C. The molecule has 3 heteroatoms. The van der Waals surface area contributed by atoms with Crippen molar-refractivity contribution in [3.8, 4) is 0 Å². The molecule has 3 nitrogen and oxygen atoms in total. The number of rotatable bonds is 2. The van der Waals surface area contributed by atoms with Crippen LogP contribution in [0.3, 0.4) is 0 Å². The van der Waals surface area contributed by atoms with Gasteiger partial charge in [-0.3, -0.25) is 0 Å². The average Bonchev–Trinajstić information content (AvgIpc) is 2.15. The summed E-state index contributed by atoms with van der Waals surface area (Å²) in [4.78, 5) is 9.19. The maximum atomic E-state index is 5.21. The molecule has 1 aromatic rings. The van der Waals surface area contributed by atoms with Gasteiger partial charge in [0.15, 0.2) is 0 Å². The number of nitrogens with zero attached hydrogens (tertiary/aromatic N) is 2. The van der Waals surface area contributed by atoms with Crippen molar-refractivity contribution in [1.29, 1.82) is 0 Å². The largest absolute Gasteiger partial charge is 0.380 e. The summed E-state index contributed by atoms with van der Waals surface area (Å²) in [5, 5.41) is 0. The van der Waals surface area contributed by atoms with Gasteiger partial charge in [0, 0.05) is 29.7 Å². The van der Waals surface area contributed by atoms with Gasteiger partial charge in [-0.1, -0.05) is 41.5 Å². The fourth-order valence-corrected chi connectivity index (χ4v) is 1.68. The second-order valence-electron chi connectivity index (χ2n) is 6.50. The van der Waals surface area contributed by atoms with Crippen molar-refractivity contribution in [3.63, 3.8) is 0 Å². The Hall–Kier alpha value is -0.960. The van der Waals surface area contributed by atoms with Crippen LogP contribution in [-0.2, 0) is 22.2 Å². The monoisotopic (exact) mass is 236 g/mol. The van der Waals surface area contributed by atoms with Gasteiger partial charge in [-0.05, 0) is 0 Å². The van der Waals surface area contributed by atoms with Gasteiger partial charge in [0.25, 0.3) is 0 Å². The molecule has 0 atom stereocenters. The second kappa shape index (κ2) is 4.73. The molecule has 0 saturated carbocycles. The van der Waals surface area contributed by atoms with Crippen LogP contribution in [0.4, 0.5) is 0 Å². The summed E-state index contributed by atoms with van der Waals surface area (Å²) in [5.74, 6) is 0.891. The lowest BCUT2D eigenvalue weighted by molar-refractivity contribution is 0.182. The molecular weight excluding hydrogens is 212 g/mol. The molecule has 0 aromatic carbocycles. The quantitative estimate of drug-likeness (QED) is 0.791. The molecule has 17 heavy (non-hydrogen) atoms. The van der Waals surface area contributed by atoms with Crippen molar-refractivity contribution in [1.82, 2.24) is 9.97 Å². The van der Waals surface area contributed by atoms with E-state index in [0.29, 0.717) is 6.61 Å². The van der Waals surface area contributed by atoms with Crippen molar-refractivity contribution in [3.05, 3.63) is 23.3 Å². The topological polar surface area (TPSA) is 35.0 Å². The minimum Gasteiger partial charge on any atom is -0.380 e. The van der Waals surface area contributed by atoms with Crippen LogP contribution in [0.1, 0.15) is 58.6 Å². The number of hydrogen-bond donors (Lipinski definition) is 0. The highest BCUT2D eigenvalue weighted by Crippen LogP contribution is 2.27. The first-order valence-corrected chi connectivity index (χ1v) is 6.02. The van der Waals surface area contributed by atoms with Gasteiger partial charge in [-0.15, -0.1) is 0 Å². The van der Waals surface area contributed by atoms with Gasteiger partial charge in [-0.25, -0.2) is 9.97 Å². The van der Waals surface area contributed by atoms with Gasteiger partial charge in [0.2, 0.25) is 0 Å². The Morgan fingerprint density at radius 1 is 1.06 bits per heavy atom. The predicted molar refractivity (Wildman–Crippen MR) is 70.1 cm³/mol. The zero-order valence-corrected chi connectivity index (χ0v) is 12.1. The van der Waals surface area contributed by atoms with Gasteiger partial charge in [0.05, 0.1) is 12.3 Å². The normalized spacial score (nSPS) is 12.9. The number of methoxy groups -OCH3 is 1. The van der Waals surface area contributed by atoms with Gasteiger partial charge in [-0.2, -0.15) is 0 Å². The number of hydrogen-bond acceptors (Lipinski definition) is 3. The highest BCUT2D eigenvalue weighted by Gasteiger charge is 2.24. The van der Waals surface area contributed by atoms with E-state index in [1.54, 1.807) is 7.11 Å². The molecule has 0 N–H and O–H groups in total. The summed E-state index contributed by atoms with van der Waals surface area (Å²) in [6.45, 7) is 13.5. The van der Waals surface area contributed by atoms with Crippen LogP contribution in [0.25, 0.3) is 0 Å². The van der Waals surface area contributed by atoms with Crippen LogP contribution >= 0.6 is 0 Å². The zero-order chi connectivity index (χ0) is 13.3. The van der Waals surface area contributed by atoms with Gasteiger partial charge >= 0.3 is 0 Å². The first-order chi connectivity index (χ1) is 7.66. The lowest BCUT2D eigenvalue weighted by atomic mass is 9.88. The van der Waals surface area contributed by atoms with Crippen molar-refractivity contribution >= 4 is 0 Å². The molecule has 96 valence electrons. The van der Waals surface area contributed by atoms with Crippen LogP contribution in [0, 0.1) is 0 Å². The van der Waals surface area contributed by atoms with E-state index in [0.717, 1.165) is 17.1 Å². The molecule has 1 rings (SSSR count). The second-order valence-corrected chi connectivity index (χ2v) is 6.50. The van der Waals surface area contributed by atoms with Crippen molar-refractivity contribution in [2.75, 3.05) is 7.11 Å². The summed E-state index contributed by atoms with van der Waals surface area (Å²) in [5.41, 5.74) is 2.15. The highest BCUT2D eigenvalue weighted by molar-refractivity contribution is 5.25. The maximum absolute atomic E-state index is 5.21. The van der Waals surface area contributed by atoms with Crippen molar-refractivity contribution in [2.24, 2.45) is 0 Å². The van der Waals surface area contributed by atoms with E-state index in [4.69, 9.17) is 9.72 Å². The fourth-order valence-electron chi connectivity index (χ4n) is 1.68. The Morgan fingerprint density at radius 2 is 1.65 bits per heavy atom. The molecule has 0 unspecified atom stereocenters. The Morgan fingerprint density at radius 3 is 2.06 bits per heavy atom. The molecule has 0 spiro atoms. The van der Waals surface area contributed by atoms with E-state index >= 15 is 0 Å². The van der Waals surface area contributed by atoms with Crippen molar-refractivity contribution < 1.29 is 4.74 Å². The van der Waals surface area contributed by atoms with Crippen LogP contribution in [-0.4, -0.2) is 17.1 Å². The lowest BCUT2D eigenvalue weighted by Gasteiger charge is -2.25. The zero-order valence-electron chi connectivity index (χ0n) is 12.1. The van der Waals surface area contributed by atoms with E-state index < -0.39 is 0 Å². The highest BCUT2D eigenvalue weighted by atomic mass is 16.5. The molecule has 1 heterocycles.